The summed E-state index contributed by atoms with van der Waals surface area (Å²) < 4.78 is 31.3. The van der Waals surface area contributed by atoms with E-state index in [-0.39, 0.29) is 23.9 Å². The molecule has 3 aliphatic heterocycles. The molecule has 0 amide bonds. The second kappa shape index (κ2) is 8.09. The lowest BCUT2D eigenvalue weighted by molar-refractivity contribution is -0.0333. The molecule has 8 nitrogen and oxygen atoms in total. The Balaban J connectivity index is 1.50. The van der Waals surface area contributed by atoms with Gasteiger partial charge in [0.25, 0.3) is 0 Å². The zero-order valence-electron chi connectivity index (χ0n) is 16.1. The largest absolute Gasteiger partial charge is 0.502 e. The van der Waals surface area contributed by atoms with Crippen molar-refractivity contribution >= 4 is 17.6 Å². The highest BCUT2D eigenvalue weighted by atomic mass is 28.4. The SMILES string of the molecule is NCCC[Si]1(O)OC2CCCCCC34CO[Si](CCCN)(OC3CC2O1)O4. The normalized spacial score (nSPS) is 47.0. The molecule has 10 heteroatoms. The van der Waals surface area contributed by atoms with Gasteiger partial charge in [0.1, 0.15) is 5.60 Å². The number of hydrogen-bond acceptors (Lipinski definition) is 8. The summed E-state index contributed by atoms with van der Waals surface area (Å²) in [7, 11) is -5.75. The van der Waals surface area contributed by atoms with Crippen molar-refractivity contribution in [2.45, 2.75) is 87.4 Å². The first kappa shape index (κ1) is 20.4. The van der Waals surface area contributed by atoms with Crippen LogP contribution in [0.15, 0.2) is 0 Å². The zero-order chi connectivity index (χ0) is 19.0. The molecule has 1 spiro atoms. The van der Waals surface area contributed by atoms with E-state index in [1.807, 2.05) is 0 Å². The Labute approximate surface area is 163 Å². The highest BCUT2D eigenvalue weighted by Gasteiger charge is 2.67. The fraction of sp³-hybridized carbons (Fsp3) is 1.00. The van der Waals surface area contributed by atoms with Gasteiger partial charge >= 0.3 is 17.6 Å². The van der Waals surface area contributed by atoms with Gasteiger partial charge in [0.15, 0.2) is 0 Å². The molecule has 6 unspecified atom stereocenters. The minimum absolute atomic E-state index is 0.0456. The molecule has 4 fully saturated rings. The van der Waals surface area contributed by atoms with Crippen LogP contribution in [-0.4, -0.2) is 66.0 Å². The molecule has 156 valence electrons. The van der Waals surface area contributed by atoms with E-state index in [1.165, 1.54) is 0 Å². The summed E-state index contributed by atoms with van der Waals surface area (Å²) >= 11 is 0. The van der Waals surface area contributed by atoms with Gasteiger partial charge in [-0.15, -0.1) is 0 Å². The van der Waals surface area contributed by atoms with E-state index in [0.29, 0.717) is 32.2 Å². The van der Waals surface area contributed by atoms with Crippen LogP contribution in [0.5, 0.6) is 0 Å². The maximum Gasteiger partial charge on any atom is 0.502 e. The first-order valence-corrected chi connectivity index (χ1v) is 14.4. The summed E-state index contributed by atoms with van der Waals surface area (Å²) in [5, 5.41) is 0. The molecule has 0 aromatic carbocycles. The van der Waals surface area contributed by atoms with E-state index in [1.54, 1.807) is 0 Å². The molecule has 4 rings (SSSR count). The van der Waals surface area contributed by atoms with Crippen molar-refractivity contribution in [1.29, 1.82) is 0 Å². The molecular formula is C17H34N2O6Si2. The van der Waals surface area contributed by atoms with E-state index in [9.17, 15) is 4.80 Å². The van der Waals surface area contributed by atoms with E-state index in [2.05, 4.69) is 0 Å². The molecule has 0 radical (unpaired) electrons. The van der Waals surface area contributed by atoms with Crippen molar-refractivity contribution in [3.05, 3.63) is 0 Å². The van der Waals surface area contributed by atoms with Crippen LogP contribution in [-0.2, 0) is 22.1 Å². The topological polar surface area (TPSA) is 118 Å². The van der Waals surface area contributed by atoms with E-state index >= 15 is 0 Å². The quantitative estimate of drug-likeness (QED) is 0.544. The van der Waals surface area contributed by atoms with E-state index in [4.69, 9.17) is 33.6 Å². The molecular weight excluding hydrogens is 384 g/mol. The van der Waals surface area contributed by atoms with Crippen molar-refractivity contribution < 1.29 is 26.9 Å². The van der Waals surface area contributed by atoms with Gasteiger partial charge in [-0.25, -0.2) is 0 Å². The average molecular weight is 419 g/mol. The van der Waals surface area contributed by atoms with Gasteiger partial charge in [-0.3, -0.25) is 0 Å². The van der Waals surface area contributed by atoms with Crippen molar-refractivity contribution in [3.8, 4) is 0 Å². The Kier molecular flexibility index (Phi) is 6.11. The lowest BCUT2D eigenvalue weighted by atomic mass is 9.85. The monoisotopic (exact) mass is 418 g/mol. The van der Waals surface area contributed by atoms with Crippen LogP contribution in [0.2, 0.25) is 12.1 Å². The molecule has 4 aliphatic rings. The zero-order valence-corrected chi connectivity index (χ0v) is 18.1. The Morgan fingerprint density at radius 1 is 0.963 bits per heavy atom. The minimum Gasteiger partial charge on any atom is -0.390 e. The van der Waals surface area contributed by atoms with E-state index in [0.717, 1.165) is 51.0 Å². The Hall–Kier alpha value is 0.114. The van der Waals surface area contributed by atoms with Gasteiger partial charge in [-0.05, 0) is 38.8 Å². The summed E-state index contributed by atoms with van der Waals surface area (Å²) in [5.41, 5.74) is 11.0. The first-order chi connectivity index (χ1) is 13.0. The van der Waals surface area contributed by atoms with Crippen LogP contribution < -0.4 is 11.5 Å². The fourth-order valence-electron chi connectivity index (χ4n) is 4.89. The third-order valence-electron chi connectivity index (χ3n) is 6.31. The van der Waals surface area contributed by atoms with Crippen molar-refractivity contribution in [2.75, 3.05) is 19.7 Å². The number of rotatable bonds is 6. The summed E-state index contributed by atoms with van der Waals surface area (Å²) in [6, 6.07) is 1.31. The van der Waals surface area contributed by atoms with Gasteiger partial charge in [0, 0.05) is 18.5 Å². The molecule has 3 heterocycles. The number of hydrogen-bond donors (Lipinski definition) is 3. The van der Waals surface area contributed by atoms with Crippen LogP contribution in [0.4, 0.5) is 0 Å². The van der Waals surface area contributed by atoms with Crippen molar-refractivity contribution in [1.82, 2.24) is 0 Å². The fourth-order valence-corrected chi connectivity index (χ4v) is 10.6. The van der Waals surface area contributed by atoms with Gasteiger partial charge < -0.3 is 38.4 Å². The summed E-state index contributed by atoms with van der Waals surface area (Å²) in [5.74, 6) is 0. The summed E-state index contributed by atoms with van der Waals surface area (Å²) in [4.78, 5) is 10.9. The third kappa shape index (κ3) is 4.07. The first-order valence-electron chi connectivity index (χ1n) is 10.5. The average Bonchev–Trinajstić information content (AvgIpc) is 3.27. The van der Waals surface area contributed by atoms with Crippen LogP contribution in [0.3, 0.4) is 0 Å². The van der Waals surface area contributed by atoms with Crippen LogP contribution in [0.1, 0.15) is 51.4 Å². The molecule has 0 aromatic heterocycles. The predicted molar refractivity (Wildman–Crippen MR) is 103 cm³/mol. The second-order valence-corrected chi connectivity index (χ2v) is 13.4. The molecule has 27 heavy (non-hydrogen) atoms. The molecule has 1 aliphatic carbocycles. The highest BCUT2D eigenvalue weighted by molar-refractivity contribution is 6.62. The van der Waals surface area contributed by atoms with Crippen LogP contribution in [0.25, 0.3) is 0 Å². The van der Waals surface area contributed by atoms with Crippen LogP contribution >= 0.6 is 0 Å². The van der Waals surface area contributed by atoms with Gasteiger partial charge in [0.05, 0.1) is 24.9 Å². The molecule has 3 saturated heterocycles. The molecule has 1 saturated carbocycles. The number of nitrogens with two attached hydrogens (primary N) is 2. The summed E-state index contributed by atoms with van der Waals surface area (Å²) in [6.07, 6.45) is 7.20. The predicted octanol–water partition coefficient (Wildman–Crippen LogP) is 0.877. The Morgan fingerprint density at radius 3 is 2.56 bits per heavy atom. The molecule has 0 aromatic rings. The smallest absolute Gasteiger partial charge is 0.390 e. The standard InChI is InChI=1S/C17H34N2O6Si2/c18-8-4-10-26(20)22-14-6-2-1-3-7-17-13-21-27(25-17,11-5-9-19)24-16(17)12-15(14)23-26/h14-16,20H,1-13,18-19H2. The van der Waals surface area contributed by atoms with Gasteiger partial charge in [-0.2, -0.15) is 0 Å². The second-order valence-electron chi connectivity index (χ2n) is 8.39. The van der Waals surface area contributed by atoms with E-state index < -0.39 is 17.6 Å². The lowest BCUT2D eigenvalue weighted by Gasteiger charge is -2.35. The lowest BCUT2D eigenvalue weighted by Crippen LogP contribution is -2.49. The van der Waals surface area contributed by atoms with Gasteiger partial charge in [-0.1, -0.05) is 19.3 Å². The minimum atomic E-state index is -3.13. The van der Waals surface area contributed by atoms with Crippen molar-refractivity contribution in [2.24, 2.45) is 11.5 Å². The van der Waals surface area contributed by atoms with Crippen LogP contribution in [0, 0.1) is 0 Å². The Bertz CT molecular complexity index is 534. The molecule has 5 N–H and O–H groups in total. The maximum atomic E-state index is 10.9. The highest BCUT2D eigenvalue weighted by Crippen LogP contribution is 2.49. The van der Waals surface area contributed by atoms with Crippen molar-refractivity contribution in [3.63, 3.8) is 0 Å². The molecule has 2 bridgehead atoms. The number of fused-ring (bicyclic) bond motifs is 2. The summed E-state index contributed by atoms with van der Waals surface area (Å²) in [6.45, 7) is 1.76. The molecule has 6 atom stereocenters. The van der Waals surface area contributed by atoms with Gasteiger partial charge in [0.2, 0.25) is 0 Å². The Morgan fingerprint density at radius 2 is 1.74 bits per heavy atom. The third-order valence-corrected chi connectivity index (χ3v) is 11.5. The maximum absolute atomic E-state index is 10.9.